The molecule has 4 aliphatic rings. The molecular formula is C32H43N3O5. The first-order valence-corrected chi connectivity index (χ1v) is 14.5. The third-order valence-electron chi connectivity index (χ3n) is 8.73. The number of fused-ring (bicyclic) bond motifs is 2. The fourth-order valence-corrected chi connectivity index (χ4v) is 7.55. The van der Waals surface area contributed by atoms with Crippen molar-refractivity contribution in [2.24, 2.45) is 17.3 Å². The van der Waals surface area contributed by atoms with Crippen LogP contribution in [-0.2, 0) is 19.1 Å². The van der Waals surface area contributed by atoms with Crippen molar-refractivity contribution in [1.29, 1.82) is 0 Å². The summed E-state index contributed by atoms with van der Waals surface area (Å²) in [5.41, 5.74) is -0.953. The Morgan fingerprint density at radius 2 is 1.68 bits per heavy atom. The van der Waals surface area contributed by atoms with E-state index in [0.717, 1.165) is 12.1 Å². The second kappa shape index (κ2) is 10.5. The van der Waals surface area contributed by atoms with Crippen LogP contribution in [0.2, 0.25) is 0 Å². The molecule has 4 aliphatic heterocycles. The van der Waals surface area contributed by atoms with Crippen molar-refractivity contribution >= 4 is 23.4 Å². The number of para-hydroxylation sites is 1. The number of aliphatic hydroxyl groups is 1. The minimum absolute atomic E-state index is 0.0103. The van der Waals surface area contributed by atoms with Crippen molar-refractivity contribution in [3.8, 4) is 0 Å². The van der Waals surface area contributed by atoms with Crippen LogP contribution in [-0.4, -0.2) is 82.2 Å². The van der Waals surface area contributed by atoms with Crippen molar-refractivity contribution in [3.05, 3.63) is 54.6 Å². The monoisotopic (exact) mass is 549 g/mol. The van der Waals surface area contributed by atoms with Gasteiger partial charge in [0, 0.05) is 37.5 Å². The van der Waals surface area contributed by atoms with Gasteiger partial charge in [0.1, 0.15) is 11.6 Å². The van der Waals surface area contributed by atoms with Crippen LogP contribution in [0.4, 0.5) is 5.69 Å². The van der Waals surface area contributed by atoms with Crippen LogP contribution in [0.15, 0.2) is 54.6 Å². The molecule has 8 heteroatoms. The van der Waals surface area contributed by atoms with E-state index >= 15 is 0 Å². The molecule has 1 unspecified atom stereocenters. The van der Waals surface area contributed by atoms with Crippen molar-refractivity contribution in [2.45, 2.75) is 77.2 Å². The summed E-state index contributed by atoms with van der Waals surface area (Å²) in [6.07, 6.45) is 8.92. The molecule has 216 valence electrons. The Labute approximate surface area is 237 Å². The summed E-state index contributed by atoms with van der Waals surface area (Å²) < 4.78 is 6.75. The molecule has 5 rings (SSSR count). The number of likely N-dealkylation sites (tertiary alicyclic amines) is 1. The van der Waals surface area contributed by atoms with E-state index in [4.69, 9.17) is 4.74 Å². The van der Waals surface area contributed by atoms with E-state index in [1.165, 1.54) is 0 Å². The lowest BCUT2D eigenvalue weighted by Gasteiger charge is -2.44. The zero-order valence-electron chi connectivity index (χ0n) is 24.4. The van der Waals surface area contributed by atoms with Crippen LogP contribution in [0.3, 0.4) is 0 Å². The molecule has 2 saturated heterocycles. The lowest BCUT2D eigenvalue weighted by Crippen LogP contribution is -2.60. The van der Waals surface area contributed by atoms with Gasteiger partial charge in [0.25, 0.3) is 0 Å². The maximum Gasteiger partial charge on any atom is 0.249 e. The third kappa shape index (κ3) is 4.79. The standard InChI is InChI=1S/C32H43N3O5/c1-30(2,3)21-31(4,5)35-19-12-16-32-25(28(38)34(17-9-10-20-36)26(32)29(35)39)24-23(40-32)15-11-18-33(27(24)37)22-13-7-6-8-14-22/h6-8,11-16,23-26,36H,9-10,17-21H2,1-5H3/t23-,24+,25-,26?,32-/m0/s1. The second-order valence-corrected chi connectivity index (χ2v) is 13.4. The lowest BCUT2D eigenvalue weighted by molar-refractivity contribution is -0.151. The highest BCUT2D eigenvalue weighted by Crippen LogP contribution is 2.54. The Balaban J connectivity index is 1.57. The van der Waals surface area contributed by atoms with Crippen LogP contribution in [0.1, 0.15) is 53.9 Å². The fourth-order valence-electron chi connectivity index (χ4n) is 7.55. The summed E-state index contributed by atoms with van der Waals surface area (Å²) in [6.45, 7) is 11.8. The van der Waals surface area contributed by atoms with Crippen LogP contribution >= 0.6 is 0 Å². The van der Waals surface area contributed by atoms with Crippen LogP contribution in [0.5, 0.6) is 0 Å². The normalized spacial score (nSPS) is 30.4. The molecule has 5 atom stereocenters. The van der Waals surface area contributed by atoms with E-state index < -0.39 is 35.1 Å². The number of anilines is 1. The van der Waals surface area contributed by atoms with E-state index in [0.29, 0.717) is 32.5 Å². The highest BCUT2D eigenvalue weighted by Gasteiger charge is 2.72. The van der Waals surface area contributed by atoms with Crippen LogP contribution < -0.4 is 4.90 Å². The Morgan fingerprint density at radius 3 is 2.35 bits per heavy atom. The number of carbonyl (C=O) groups is 3. The predicted octanol–water partition coefficient (Wildman–Crippen LogP) is 3.56. The molecule has 40 heavy (non-hydrogen) atoms. The topological polar surface area (TPSA) is 90.4 Å². The molecule has 1 N–H and O–H groups in total. The minimum Gasteiger partial charge on any atom is -0.396 e. The van der Waals surface area contributed by atoms with Gasteiger partial charge in [-0.05, 0) is 50.7 Å². The Hall–Kier alpha value is -2.97. The average Bonchev–Trinajstić information content (AvgIpc) is 3.18. The molecule has 0 bridgehead atoms. The van der Waals surface area contributed by atoms with Gasteiger partial charge in [-0.25, -0.2) is 0 Å². The summed E-state index contributed by atoms with van der Waals surface area (Å²) in [5, 5.41) is 9.44. The van der Waals surface area contributed by atoms with Gasteiger partial charge in [0.2, 0.25) is 17.7 Å². The number of benzene rings is 1. The Bertz CT molecular complexity index is 1200. The molecule has 0 saturated carbocycles. The number of nitrogens with zero attached hydrogens (tertiary/aromatic N) is 3. The summed E-state index contributed by atoms with van der Waals surface area (Å²) >= 11 is 0. The third-order valence-corrected chi connectivity index (χ3v) is 8.73. The lowest BCUT2D eigenvalue weighted by atomic mass is 9.77. The molecule has 4 heterocycles. The summed E-state index contributed by atoms with van der Waals surface area (Å²) in [4.78, 5) is 48.3. The van der Waals surface area contributed by atoms with Crippen molar-refractivity contribution in [1.82, 2.24) is 9.80 Å². The smallest absolute Gasteiger partial charge is 0.249 e. The van der Waals surface area contributed by atoms with Crippen molar-refractivity contribution in [2.75, 3.05) is 31.1 Å². The maximum atomic E-state index is 14.6. The first kappa shape index (κ1) is 28.6. The van der Waals surface area contributed by atoms with E-state index in [-0.39, 0.29) is 29.7 Å². The van der Waals surface area contributed by atoms with E-state index in [9.17, 15) is 19.5 Å². The number of ether oxygens (including phenoxy) is 1. The second-order valence-electron chi connectivity index (χ2n) is 13.4. The number of hydrogen-bond acceptors (Lipinski definition) is 5. The van der Waals surface area contributed by atoms with E-state index in [1.54, 1.807) is 9.80 Å². The molecule has 0 radical (unpaired) electrons. The molecule has 1 aromatic rings. The van der Waals surface area contributed by atoms with Gasteiger partial charge < -0.3 is 24.5 Å². The number of rotatable bonds is 7. The number of hydrogen-bond donors (Lipinski definition) is 1. The van der Waals surface area contributed by atoms with Gasteiger partial charge in [-0.1, -0.05) is 63.3 Å². The largest absolute Gasteiger partial charge is 0.396 e. The Kier molecular flexibility index (Phi) is 7.46. The van der Waals surface area contributed by atoms with Gasteiger partial charge >= 0.3 is 0 Å². The molecule has 3 amide bonds. The predicted molar refractivity (Wildman–Crippen MR) is 153 cm³/mol. The van der Waals surface area contributed by atoms with Gasteiger partial charge in [-0.3, -0.25) is 14.4 Å². The highest BCUT2D eigenvalue weighted by atomic mass is 16.5. The zero-order chi connectivity index (χ0) is 28.9. The average molecular weight is 550 g/mol. The summed E-state index contributed by atoms with van der Waals surface area (Å²) in [5.74, 6) is -2.10. The first-order chi connectivity index (χ1) is 18.9. The molecule has 8 nitrogen and oxygen atoms in total. The zero-order valence-corrected chi connectivity index (χ0v) is 24.4. The number of unbranched alkanes of at least 4 members (excludes halogenated alkanes) is 1. The minimum atomic E-state index is -1.24. The van der Waals surface area contributed by atoms with Gasteiger partial charge in [0.15, 0.2) is 0 Å². The SMILES string of the molecule is CC(C)(C)CC(C)(C)N1CC=C[C@]23O[C@H]4C=CCN(c5ccccc5)C(=O)[C@H]4[C@H]2C(=O)N(CCCCO)C3C1=O. The highest BCUT2D eigenvalue weighted by molar-refractivity contribution is 6.03. The fraction of sp³-hybridized carbons (Fsp3) is 0.594. The maximum absolute atomic E-state index is 14.6. The van der Waals surface area contributed by atoms with Gasteiger partial charge in [0.05, 0.1) is 17.9 Å². The molecular weight excluding hydrogens is 506 g/mol. The van der Waals surface area contributed by atoms with Gasteiger partial charge in [-0.15, -0.1) is 0 Å². The van der Waals surface area contributed by atoms with Crippen LogP contribution in [0.25, 0.3) is 0 Å². The molecule has 2 fully saturated rings. The molecule has 0 aromatic heterocycles. The van der Waals surface area contributed by atoms with Crippen LogP contribution in [0, 0.1) is 17.3 Å². The molecule has 1 spiro atoms. The Morgan fingerprint density at radius 1 is 0.950 bits per heavy atom. The number of carbonyl (C=O) groups excluding carboxylic acids is 3. The van der Waals surface area contributed by atoms with E-state index in [1.807, 2.05) is 59.5 Å². The van der Waals surface area contributed by atoms with E-state index in [2.05, 4.69) is 34.6 Å². The molecule has 0 aliphatic carbocycles. The molecule has 1 aromatic carbocycles. The number of aliphatic hydroxyl groups excluding tert-OH is 1. The van der Waals surface area contributed by atoms with Crippen molar-refractivity contribution < 1.29 is 24.2 Å². The quantitative estimate of drug-likeness (QED) is 0.415. The van der Waals surface area contributed by atoms with Gasteiger partial charge in [-0.2, -0.15) is 0 Å². The first-order valence-electron chi connectivity index (χ1n) is 14.5. The van der Waals surface area contributed by atoms with Crippen molar-refractivity contribution in [3.63, 3.8) is 0 Å². The number of amides is 3. The summed E-state index contributed by atoms with van der Waals surface area (Å²) in [6, 6.07) is 8.59. The summed E-state index contributed by atoms with van der Waals surface area (Å²) in [7, 11) is 0.